The van der Waals surface area contributed by atoms with Gasteiger partial charge in [-0.3, -0.25) is 4.79 Å². The van der Waals surface area contributed by atoms with Crippen molar-refractivity contribution in [2.24, 2.45) is 34.5 Å². The summed E-state index contributed by atoms with van der Waals surface area (Å²) in [5.41, 5.74) is 1.84. The van der Waals surface area contributed by atoms with Crippen molar-refractivity contribution < 1.29 is 13.2 Å². The number of fused-ring (bicyclic) bond motifs is 5. The van der Waals surface area contributed by atoms with Crippen LogP contribution in [0, 0.1) is 34.5 Å². The van der Waals surface area contributed by atoms with Crippen molar-refractivity contribution in [1.29, 1.82) is 0 Å². The number of hydrogen-bond acceptors (Lipinski definition) is 3. The zero-order chi connectivity index (χ0) is 23.1. The van der Waals surface area contributed by atoms with Gasteiger partial charge in [-0.25, -0.2) is 8.42 Å². The molecule has 0 spiro atoms. The Kier molecular flexibility index (Phi) is 5.13. The molecule has 4 nitrogen and oxygen atoms in total. The molecule has 1 saturated heterocycles. The Balaban J connectivity index is 1.45. The zero-order valence-electron chi connectivity index (χ0n) is 20.3. The van der Waals surface area contributed by atoms with E-state index in [4.69, 9.17) is 0 Å². The van der Waals surface area contributed by atoms with Crippen molar-refractivity contribution in [2.45, 2.75) is 82.6 Å². The number of carbonyl (C=O) groups is 1. The predicted octanol–water partition coefficient (Wildman–Crippen LogP) is 5.28. The molecule has 0 aromatic heterocycles. The minimum absolute atomic E-state index is 0.246. The quantitative estimate of drug-likeness (QED) is 0.607. The van der Waals surface area contributed by atoms with Crippen molar-refractivity contribution in [3.63, 3.8) is 0 Å². The minimum Gasteiger partial charge on any atom is -0.342 e. The Morgan fingerprint density at radius 3 is 2.28 bits per heavy atom. The first-order valence-electron chi connectivity index (χ1n) is 12.5. The second-order valence-electron chi connectivity index (χ2n) is 12.0. The van der Waals surface area contributed by atoms with E-state index in [2.05, 4.69) is 37.8 Å². The van der Waals surface area contributed by atoms with Gasteiger partial charge in [0.1, 0.15) is 0 Å². The summed E-state index contributed by atoms with van der Waals surface area (Å²) in [5, 5.41) is 0. The molecule has 0 radical (unpaired) electrons. The second kappa shape index (κ2) is 7.32. The number of likely N-dealkylation sites (tertiary alicyclic amines) is 1. The topological polar surface area (TPSA) is 54.5 Å². The van der Waals surface area contributed by atoms with Crippen LogP contribution in [-0.4, -0.2) is 38.6 Å². The van der Waals surface area contributed by atoms with E-state index in [0.717, 1.165) is 24.7 Å². The lowest BCUT2D eigenvalue weighted by molar-refractivity contribution is -0.165. The summed E-state index contributed by atoms with van der Waals surface area (Å²) < 4.78 is 23.8. The molecule has 1 amide bonds. The van der Waals surface area contributed by atoms with Crippen LogP contribution in [0.5, 0.6) is 0 Å². The number of hydrogen-bond donors (Lipinski definition) is 0. The maximum Gasteiger partial charge on any atom is 0.222 e. The number of sulfone groups is 1. The largest absolute Gasteiger partial charge is 0.342 e. The van der Waals surface area contributed by atoms with Crippen LogP contribution in [0.1, 0.15) is 77.2 Å². The fourth-order valence-electron chi connectivity index (χ4n) is 8.96. The van der Waals surface area contributed by atoms with Crippen LogP contribution < -0.4 is 0 Å². The Morgan fingerprint density at radius 2 is 1.62 bits per heavy atom. The Labute approximate surface area is 194 Å². The first-order chi connectivity index (χ1) is 15.0. The summed E-state index contributed by atoms with van der Waals surface area (Å²) >= 11 is 0. The average Bonchev–Trinajstić information content (AvgIpc) is 3.09. The van der Waals surface area contributed by atoms with Crippen LogP contribution in [0.3, 0.4) is 0 Å². The van der Waals surface area contributed by atoms with Gasteiger partial charge in [0, 0.05) is 25.8 Å². The molecule has 0 unspecified atom stereocenters. The summed E-state index contributed by atoms with van der Waals surface area (Å²) in [5.74, 6) is 3.64. The van der Waals surface area contributed by atoms with Crippen molar-refractivity contribution in [1.82, 2.24) is 4.90 Å². The van der Waals surface area contributed by atoms with Gasteiger partial charge in [-0.2, -0.15) is 0 Å². The predicted molar refractivity (Wildman–Crippen MR) is 127 cm³/mol. The highest BCUT2D eigenvalue weighted by atomic mass is 32.2. The molecule has 176 valence electrons. The highest BCUT2D eigenvalue weighted by Gasteiger charge is 2.62. The van der Waals surface area contributed by atoms with Gasteiger partial charge in [0.15, 0.2) is 9.84 Å². The van der Waals surface area contributed by atoms with Crippen molar-refractivity contribution in [3.05, 3.63) is 29.8 Å². The molecule has 4 fully saturated rings. The molecule has 4 aliphatic rings. The fraction of sp³-hybridized carbons (Fsp3) is 0.741. The number of nitrogens with zero attached hydrogens (tertiary/aromatic N) is 1. The van der Waals surface area contributed by atoms with E-state index in [1.807, 2.05) is 7.05 Å². The molecule has 5 rings (SSSR count). The average molecular weight is 458 g/mol. The van der Waals surface area contributed by atoms with Crippen molar-refractivity contribution in [3.8, 4) is 0 Å². The van der Waals surface area contributed by atoms with E-state index in [9.17, 15) is 13.2 Å². The molecular weight excluding hydrogens is 418 g/mol. The summed E-state index contributed by atoms with van der Waals surface area (Å²) in [6.45, 7) is 7.46. The molecule has 1 aromatic carbocycles. The first-order valence-corrected chi connectivity index (χ1v) is 14.4. The third kappa shape index (κ3) is 3.13. The molecule has 5 heteroatoms. The Bertz CT molecular complexity index is 1020. The summed E-state index contributed by atoms with van der Waals surface area (Å²) in [4.78, 5) is 15.0. The molecule has 1 aliphatic heterocycles. The molecule has 3 aliphatic carbocycles. The second-order valence-corrected chi connectivity index (χ2v) is 14.1. The number of amides is 1. The van der Waals surface area contributed by atoms with Gasteiger partial charge in [-0.05, 0) is 96.6 Å². The molecule has 0 bridgehead atoms. The molecule has 1 heterocycles. The minimum atomic E-state index is -3.16. The first kappa shape index (κ1) is 22.4. The van der Waals surface area contributed by atoms with Gasteiger partial charge in [0.2, 0.25) is 5.91 Å². The van der Waals surface area contributed by atoms with Crippen molar-refractivity contribution >= 4 is 15.7 Å². The summed E-state index contributed by atoms with van der Waals surface area (Å²) in [6.07, 6.45) is 9.15. The third-order valence-corrected chi connectivity index (χ3v) is 11.8. The van der Waals surface area contributed by atoms with E-state index in [1.165, 1.54) is 37.5 Å². The third-order valence-electron chi connectivity index (χ3n) is 10.6. The number of rotatable bonds is 2. The van der Waals surface area contributed by atoms with Crippen LogP contribution in [0.2, 0.25) is 0 Å². The van der Waals surface area contributed by atoms with Gasteiger partial charge in [0.25, 0.3) is 0 Å². The van der Waals surface area contributed by atoms with E-state index in [1.54, 1.807) is 12.1 Å². The van der Waals surface area contributed by atoms with Gasteiger partial charge in [-0.1, -0.05) is 32.9 Å². The lowest BCUT2D eigenvalue weighted by Gasteiger charge is -2.63. The molecule has 0 N–H and O–H groups in total. The van der Waals surface area contributed by atoms with Gasteiger partial charge in [0.05, 0.1) is 4.90 Å². The lowest BCUT2D eigenvalue weighted by Crippen LogP contribution is -2.63. The van der Waals surface area contributed by atoms with Crippen LogP contribution in [0.4, 0.5) is 0 Å². The standard InChI is InChI=1S/C27H39NO3S/c1-17-16-23-27(3,15-13-24(29)28(23)4)22-12-14-26(2)20(10-11-21(26)25(17)22)18-6-8-19(9-7-18)32(5,30)31/h6-9,17,20-23,25H,10-16H2,1-5H3/t17-,20+,21-,22-,23+,25-,26+,27+/m0/s1. The highest BCUT2D eigenvalue weighted by Crippen LogP contribution is 2.68. The number of benzene rings is 1. The van der Waals surface area contributed by atoms with Crippen LogP contribution in [-0.2, 0) is 14.6 Å². The monoisotopic (exact) mass is 457 g/mol. The van der Waals surface area contributed by atoms with Crippen LogP contribution in [0.15, 0.2) is 29.2 Å². The maximum absolute atomic E-state index is 12.5. The van der Waals surface area contributed by atoms with Crippen LogP contribution >= 0.6 is 0 Å². The van der Waals surface area contributed by atoms with Gasteiger partial charge < -0.3 is 4.90 Å². The SMILES string of the molecule is C[C@H]1C[C@H]2N(C)C(=O)CC[C@]2(C)[C@H]2CC[C@]3(C)[C@@H](c4ccc(S(C)(=O)=O)cc4)CC[C@H]3[C@H]12. The van der Waals surface area contributed by atoms with Crippen LogP contribution in [0.25, 0.3) is 0 Å². The van der Waals surface area contributed by atoms with Gasteiger partial charge in [-0.15, -0.1) is 0 Å². The molecule has 3 saturated carbocycles. The fourth-order valence-corrected chi connectivity index (χ4v) is 9.59. The number of carbonyl (C=O) groups excluding carboxylic acids is 1. The summed E-state index contributed by atoms with van der Waals surface area (Å²) in [7, 11) is -1.12. The molecule has 8 atom stereocenters. The molecular formula is C27H39NO3S. The normalized spacial score (nSPS) is 44.0. The molecule has 1 aromatic rings. The van der Waals surface area contributed by atoms with E-state index < -0.39 is 9.84 Å². The zero-order valence-corrected chi connectivity index (χ0v) is 21.1. The van der Waals surface area contributed by atoms with Gasteiger partial charge >= 0.3 is 0 Å². The lowest BCUT2D eigenvalue weighted by atomic mass is 9.44. The Morgan fingerprint density at radius 1 is 0.969 bits per heavy atom. The Hall–Kier alpha value is -1.36. The summed E-state index contributed by atoms with van der Waals surface area (Å²) in [6, 6.07) is 8.15. The van der Waals surface area contributed by atoms with E-state index in [-0.39, 0.29) is 10.8 Å². The maximum atomic E-state index is 12.5. The smallest absolute Gasteiger partial charge is 0.222 e. The number of piperidine rings is 1. The van der Waals surface area contributed by atoms with E-state index in [0.29, 0.717) is 41.0 Å². The highest BCUT2D eigenvalue weighted by molar-refractivity contribution is 7.90. The van der Waals surface area contributed by atoms with E-state index >= 15 is 0 Å². The molecule has 32 heavy (non-hydrogen) atoms. The van der Waals surface area contributed by atoms with Crippen molar-refractivity contribution in [2.75, 3.05) is 13.3 Å².